The SMILES string of the molecule is Cc1ccc(S(=O)(=O)/C(C#N)=C/c2c(Oc3ccc(Br)cc3)nc3c(C)cccn3c2=O)cc1. The standard InChI is InChI=1S/C25H18BrN3O4S/c1-16-5-11-20(12-6-16)34(31,32)21(15-27)14-22-24(33-19-9-7-18(26)8-10-19)28-23-17(2)4-3-13-29(23)25(22)30/h3-14H,1-2H3/b21-14+. The van der Waals surface area contributed by atoms with Gasteiger partial charge in [0.05, 0.1) is 4.90 Å². The Labute approximate surface area is 204 Å². The number of halogens is 1. The van der Waals surface area contributed by atoms with Crippen molar-refractivity contribution in [3.63, 3.8) is 0 Å². The highest BCUT2D eigenvalue weighted by Gasteiger charge is 2.23. The van der Waals surface area contributed by atoms with Crippen LogP contribution in [0.2, 0.25) is 0 Å². The minimum absolute atomic E-state index is 0.0500. The van der Waals surface area contributed by atoms with E-state index in [1.54, 1.807) is 61.5 Å². The highest BCUT2D eigenvalue weighted by atomic mass is 79.9. The summed E-state index contributed by atoms with van der Waals surface area (Å²) >= 11 is 3.35. The van der Waals surface area contributed by atoms with E-state index in [1.165, 1.54) is 22.7 Å². The van der Waals surface area contributed by atoms with Gasteiger partial charge in [0.1, 0.15) is 27.9 Å². The third-order valence-electron chi connectivity index (χ3n) is 5.08. The molecule has 0 fully saturated rings. The van der Waals surface area contributed by atoms with Gasteiger partial charge < -0.3 is 4.74 Å². The smallest absolute Gasteiger partial charge is 0.269 e. The van der Waals surface area contributed by atoms with Gasteiger partial charge in [0.25, 0.3) is 5.56 Å². The van der Waals surface area contributed by atoms with Crippen LogP contribution in [0.3, 0.4) is 0 Å². The molecule has 0 unspecified atom stereocenters. The van der Waals surface area contributed by atoms with Crippen molar-refractivity contribution in [1.29, 1.82) is 5.26 Å². The van der Waals surface area contributed by atoms with Gasteiger partial charge in [0.2, 0.25) is 15.7 Å². The Hall–Kier alpha value is -3.74. The first kappa shape index (κ1) is 23.4. The van der Waals surface area contributed by atoms with Crippen LogP contribution in [-0.2, 0) is 9.84 Å². The maximum atomic E-state index is 13.4. The average molecular weight is 536 g/mol. The van der Waals surface area contributed by atoms with Crippen molar-refractivity contribution in [3.8, 4) is 17.7 Å². The molecule has 4 rings (SSSR count). The second-order valence-electron chi connectivity index (χ2n) is 7.51. The van der Waals surface area contributed by atoms with Gasteiger partial charge in [-0.25, -0.2) is 8.42 Å². The van der Waals surface area contributed by atoms with Crippen LogP contribution < -0.4 is 10.3 Å². The van der Waals surface area contributed by atoms with Crippen LogP contribution in [0.15, 0.2) is 85.9 Å². The van der Waals surface area contributed by atoms with Crippen molar-refractivity contribution in [1.82, 2.24) is 9.38 Å². The normalized spacial score (nSPS) is 11.9. The van der Waals surface area contributed by atoms with Crippen LogP contribution in [0.5, 0.6) is 11.6 Å². The highest BCUT2D eigenvalue weighted by Crippen LogP contribution is 2.28. The van der Waals surface area contributed by atoms with Crippen molar-refractivity contribution < 1.29 is 13.2 Å². The Morgan fingerprint density at radius 2 is 1.76 bits per heavy atom. The molecule has 34 heavy (non-hydrogen) atoms. The molecule has 2 aromatic heterocycles. The third-order valence-corrected chi connectivity index (χ3v) is 7.29. The second-order valence-corrected chi connectivity index (χ2v) is 10.3. The number of sulfone groups is 1. The topological polar surface area (TPSA) is 102 Å². The van der Waals surface area contributed by atoms with Gasteiger partial charge in [-0.1, -0.05) is 39.7 Å². The molecule has 0 atom stereocenters. The number of hydrogen-bond donors (Lipinski definition) is 0. The van der Waals surface area contributed by atoms with Gasteiger partial charge in [0.15, 0.2) is 0 Å². The first-order valence-corrected chi connectivity index (χ1v) is 12.4. The summed E-state index contributed by atoms with van der Waals surface area (Å²) in [5.41, 5.74) is 1.24. The highest BCUT2D eigenvalue weighted by molar-refractivity contribution is 9.10. The van der Waals surface area contributed by atoms with E-state index >= 15 is 0 Å². The summed E-state index contributed by atoms with van der Waals surface area (Å²) in [6.45, 7) is 3.62. The number of aryl methyl sites for hydroxylation is 2. The van der Waals surface area contributed by atoms with E-state index in [2.05, 4.69) is 20.9 Å². The van der Waals surface area contributed by atoms with Crippen LogP contribution in [0.4, 0.5) is 0 Å². The minimum atomic E-state index is -4.18. The number of fused-ring (bicyclic) bond motifs is 1. The van der Waals surface area contributed by atoms with Crippen LogP contribution >= 0.6 is 15.9 Å². The molecule has 9 heteroatoms. The number of benzene rings is 2. The molecule has 7 nitrogen and oxygen atoms in total. The monoisotopic (exact) mass is 535 g/mol. The quantitative estimate of drug-likeness (QED) is 0.325. The number of ether oxygens (including phenoxy) is 1. The predicted molar refractivity (Wildman–Crippen MR) is 132 cm³/mol. The molecule has 2 heterocycles. The van der Waals surface area contributed by atoms with E-state index in [1.807, 2.05) is 6.92 Å². The molecule has 2 aromatic carbocycles. The Balaban J connectivity index is 1.95. The zero-order chi connectivity index (χ0) is 24.5. The molecular weight excluding hydrogens is 518 g/mol. The van der Waals surface area contributed by atoms with Gasteiger partial charge in [-0.15, -0.1) is 0 Å². The molecule has 0 aliphatic rings. The van der Waals surface area contributed by atoms with E-state index in [4.69, 9.17) is 4.74 Å². The maximum Gasteiger partial charge on any atom is 0.269 e. The van der Waals surface area contributed by atoms with Crippen molar-refractivity contribution >= 4 is 37.5 Å². The molecule has 0 saturated carbocycles. The molecule has 0 radical (unpaired) electrons. The Morgan fingerprint density at radius 1 is 1.09 bits per heavy atom. The van der Waals surface area contributed by atoms with E-state index in [0.717, 1.165) is 21.7 Å². The molecule has 0 amide bonds. The Kier molecular flexibility index (Phi) is 6.37. The summed E-state index contributed by atoms with van der Waals surface area (Å²) in [5, 5.41) is 9.73. The molecule has 0 N–H and O–H groups in total. The van der Waals surface area contributed by atoms with Gasteiger partial charge in [-0.05, 0) is 68.0 Å². The number of nitriles is 1. The summed E-state index contributed by atoms with van der Waals surface area (Å²) in [6.07, 6.45) is 2.55. The molecule has 0 spiro atoms. The zero-order valence-electron chi connectivity index (χ0n) is 18.2. The number of aromatic nitrogens is 2. The third kappa shape index (κ3) is 4.51. The van der Waals surface area contributed by atoms with Gasteiger partial charge in [-0.2, -0.15) is 10.2 Å². The number of hydrogen-bond acceptors (Lipinski definition) is 6. The molecular formula is C25H18BrN3O4S. The number of rotatable bonds is 5. The zero-order valence-corrected chi connectivity index (χ0v) is 20.6. The average Bonchev–Trinajstić information content (AvgIpc) is 2.81. The summed E-state index contributed by atoms with van der Waals surface area (Å²) in [5.74, 6) is 0.288. The van der Waals surface area contributed by atoms with Crippen molar-refractivity contribution in [2.45, 2.75) is 18.7 Å². The fourth-order valence-electron chi connectivity index (χ4n) is 3.25. The number of pyridine rings is 1. The molecule has 0 bridgehead atoms. The van der Waals surface area contributed by atoms with Crippen LogP contribution in [-0.4, -0.2) is 17.8 Å². The van der Waals surface area contributed by atoms with Crippen molar-refractivity contribution in [2.75, 3.05) is 0 Å². The van der Waals surface area contributed by atoms with E-state index in [9.17, 15) is 18.5 Å². The molecule has 0 aliphatic carbocycles. The Bertz CT molecular complexity index is 1630. The number of allylic oxidation sites excluding steroid dienone is 1. The second kappa shape index (κ2) is 9.25. The summed E-state index contributed by atoms with van der Waals surface area (Å²) in [7, 11) is -4.18. The van der Waals surface area contributed by atoms with Gasteiger partial charge >= 0.3 is 0 Å². The van der Waals surface area contributed by atoms with Crippen molar-refractivity contribution in [3.05, 3.63) is 103 Å². The minimum Gasteiger partial charge on any atom is -0.438 e. The maximum absolute atomic E-state index is 13.4. The van der Waals surface area contributed by atoms with Crippen LogP contribution in [0.25, 0.3) is 11.7 Å². The summed E-state index contributed by atoms with van der Waals surface area (Å²) in [4.78, 5) is 17.2. The largest absolute Gasteiger partial charge is 0.438 e. The molecule has 0 aliphatic heterocycles. The fourth-order valence-corrected chi connectivity index (χ4v) is 4.66. The number of nitrogens with zero attached hydrogens (tertiary/aromatic N) is 3. The lowest BCUT2D eigenvalue weighted by molar-refractivity contribution is 0.460. The fraction of sp³-hybridized carbons (Fsp3) is 0.0800. The molecule has 0 saturated heterocycles. The molecule has 170 valence electrons. The lowest BCUT2D eigenvalue weighted by atomic mass is 10.2. The first-order valence-electron chi connectivity index (χ1n) is 10.1. The van der Waals surface area contributed by atoms with Crippen LogP contribution in [0.1, 0.15) is 16.7 Å². The van der Waals surface area contributed by atoms with Gasteiger partial charge in [-0.3, -0.25) is 9.20 Å². The van der Waals surface area contributed by atoms with Crippen molar-refractivity contribution in [2.24, 2.45) is 0 Å². The van der Waals surface area contributed by atoms with Gasteiger partial charge in [0, 0.05) is 10.7 Å². The Morgan fingerprint density at radius 3 is 2.41 bits per heavy atom. The summed E-state index contributed by atoms with van der Waals surface area (Å²) < 4.78 is 34.3. The van der Waals surface area contributed by atoms with E-state index in [-0.39, 0.29) is 16.3 Å². The lowest BCUT2D eigenvalue weighted by Crippen LogP contribution is -2.20. The van der Waals surface area contributed by atoms with Crippen LogP contribution in [0, 0.1) is 25.2 Å². The van der Waals surface area contributed by atoms with E-state index in [0.29, 0.717) is 11.4 Å². The van der Waals surface area contributed by atoms with E-state index < -0.39 is 20.3 Å². The first-order chi connectivity index (χ1) is 16.2. The predicted octanol–water partition coefficient (Wildman–Crippen LogP) is 5.20. The lowest BCUT2D eigenvalue weighted by Gasteiger charge is -2.12. The molecule has 4 aromatic rings. The summed E-state index contributed by atoms with van der Waals surface area (Å²) in [6, 6.07) is 18.2.